The molecule has 0 amide bonds. The Morgan fingerprint density at radius 2 is 1.56 bits per heavy atom. The predicted octanol–water partition coefficient (Wildman–Crippen LogP) is 6.91. The summed E-state index contributed by atoms with van der Waals surface area (Å²) in [7, 11) is 0. The first kappa shape index (κ1) is 26.4. The second kappa shape index (κ2) is 10.4. The Bertz CT molecular complexity index is 1010. The zero-order valence-electron chi connectivity index (χ0n) is 19.9. The topological polar surface area (TPSA) is 43.8 Å². The number of alkyl halides is 6. The van der Waals surface area contributed by atoms with Gasteiger partial charge < -0.3 is 14.3 Å². The van der Waals surface area contributed by atoms with Gasteiger partial charge in [0.05, 0.1) is 17.7 Å². The number of hydrogen-bond donors (Lipinski definition) is 0. The van der Waals surface area contributed by atoms with E-state index in [2.05, 4.69) is 4.98 Å². The summed E-state index contributed by atoms with van der Waals surface area (Å²) < 4.78 is 90.0. The lowest BCUT2D eigenvalue weighted by Crippen LogP contribution is -2.55. The number of benzene rings is 1. The molecule has 2 fully saturated rings. The summed E-state index contributed by atoms with van der Waals surface area (Å²) in [6.07, 6.45) is -4.88. The zero-order chi connectivity index (χ0) is 26.1. The lowest BCUT2D eigenvalue weighted by molar-refractivity contribution is -0.185. The number of fused-ring (bicyclic) bond motifs is 2. The van der Waals surface area contributed by atoms with Gasteiger partial charge in [0.15, 0.2) is 11.5 Å². The van der Waals surface area contributed by atoms with E-state index in [9.17, 15) is 26.3 Å². The highest BCUT2D eigenvalue weighted by molar-refractivity contribution is 5.44. The summed E-state index contributed by atoms with van der Waals surface area (Å²) in [5.41, 5.74) is -1.66. The molecular weight excluding hydrogens is 490 g/mol. The monoisotopic (exact) mass is 518 g/mol. The number of pyridine rings is 1. The molecule has 2 saturated heterocycles. The summed E-state index contributed by atoms with van der Waals surface area (Å²) in [5.74, 6) is 0.499. The van der Waals surface area contributed by atoms with Crippen LogP contribution in [0.3, 0.4) is 0 Å². The third-order valence-electron chi connectivity index (χ3n) is 6.26. The third kappa shape index (κ3) is 6.35. The minimum absolute atomic E-state index is 0.0521. The van der Waals surface area contributed by atoms with Gasteiger partial charge in [-0.3, -0.25) is 0 Å². The Labute approximate surface area is 205 Å². The van der Waals surface area contributed by atoms with E-state index in [1.54, 1.807) is 5.06 Å². The third-order valence-corrected chi connectivity index (χ3v) is 6.26. The molecule has 0 spiro atoms. The molecule has 11 heteroatoms. The van der Waals surface area contributed by atoms with E-state index in [4.69, 9.17) is 14.3 Å². The minimum atomic E-state index is -4.50. The van der Waals surface area contributed by atoms with Crippen LogP contribution in [0.4, 0.5) is 26.3 Å². The summed E-state index contributed by atoms with van der Waals surface area (Å²) in [4.78, 5) is 9.68. The first-order valence-corrected chi connectivity index (χ1v) is 11.9. The van der Waals surface area contributed by atoms with Crippen LogP contribution in [0.5, 0.6) is 17.4 Å². The van der Waals surface area contributed by atoms with E-state index in [1.807, 2.05) is 13.8 Å². The van der Waals surface area contributed by atoms with E-state index < -0.39 is 23.5 Å². The minimum Gasteiger partial charge on any atom is -0.489 e. The van der Waals surface area contributed by atoms with Crippen LogP contribution in [0, 0.1) is 5.92 Å². The number of nitrogens with zero attached hydrogens (tertiary/aromatic N) is 2. The van der Waals surface area contributed by atoms with Crippen LogP contribution in [0.25, 0.3) is 0 Å². The summed E-state index contributed by atoms with van der Waals surface area (Å²) >= 11 is 0. The number of piperidine rings is 2. The molecule has 2 aliphatic rings. The van der Waals surface area contributed by atoms with Crippen molar-refractivity contribution in [2.45, 2.75) is 76.5 Å². The van der Waals surface area contributed by atoms with Gasteiger partial charge in [-0.05, 0) is 43.0 Å². The second-order valence-electron chi connectivity index (χ2n) is 9.65. The van der Waals surface area contributed by atoms with Crippen molar-refractivity contribution in [1.29, 1.82) is 0 Å². The number of ether oxygens (including phenoxy) is 2. The molecule has 2 atom stereocenters. The fourth-order valence-electron chi connectivity index (χ4n) is 4.57. The van der Waals surface area contributed by atoms with Gasteiger partial charge in [0.25, 0.3) is 0 Å². The number of hydrogen-bond acceptors (Lipinski definition) is 5. The highest BCUT2D eigenvalue weighted by Crippen LogP contribution is 2.40. The molecule has 2 unspecified atom stereocenters. The van der Waals surface area contributed by atoms with Crippen LogP contribution < -0.4 is 14.3 Å². The fourth-order valence-corrected chi connectivity index (χ4v) is 4.57. The normalized spacial score (nSPS) is 23.0. The molecule has 2 bridgehead atoms. The van der Waals surface area contributed by atoms with Crippen LogP contribution in [0.15, 0.2) is 36.5 Å². The van der Waals surface area contributed by atoms with Crippen LogP contribution in [0.1, 0.15) is 57.1 Å². The van der Waals surface area contributed by atoms with Crippen molar-refractivity contribution < 1.29 is 40.7 Å². The van der Waals surface area contributed by atoms with E-state index in [1.165, 1.54) is 12.1 Å². The molecule has 2 aliphatic heterocycles. The van der Waals surface area contributed by atoms with Crippen LogP contribution in [-0.4, -0.2) is 34.8 Å². The second-order valence-corrected chi connectivity index (χ2v) is 9.65. The zero-order valence-corrected chi connectivity index (χ0v) is 19.9. The van der Waals surface area contributed by atoms with E-state index in [-0.39, 0.29) is 48.1 Å². The molecule has 36 heavy (non-hydrogen) atoms. The summed E-state index contributed by atoms with van der Waals surface area (Å²) in [6.45, 7) is 4.04. The van der Waals surface area contributed by atoms with Crippen molar-refractivity contribution in [3.05, 3.63) is 47.7 Å². The van der Waals surface area contributed by atoms with E-state index in [0.29, 0.717) is 12.8 Å². The number of halogens is 6. The van der Waals surface area contributed by atoms with Gasteiger partial charge in [-0.25, -0.2) is 4.98 Å². The Kier molecular flexibility index (Phi) is 7.59. The predicted molar refractivity (Wildman–Crippen MR) is 119 cm³/mol. The Morgan fingerprint density at radius 1 is 0.917 bits per heavy atom. The average molecular weight is 518 g/mol. The molecular formula is C25H28F6N2O3. The summed E-state index contributed by atoms with van der Waals surface area (Å²) in [5, 5.41) is 1.78. The molecule has 198 valence electrons. The first-order valence-electron chi connectivity index (χ1n) is 11.9. The van der Waals surface area contributed by atoms with Crippen LogP contribution >= 0.6 is 0 Å². The van der Waals surface area contributed by atoms with Gasteiger partial charge >= 0.3 is 12.4 Å². The smallest absolute Gasteiger partial charge is 0.417 e. The Hall–Kier alpha value is -2.69. The average Bonchev–Trinajstić information content (AvgIpc) is 2.78. The highest BCUT2D eigenvalue weighted by Gasteiger charge is 2.42. The molecule has 0 saturated carbocycles. The fraction of sp³-hybridized carbons (Fsp3) is 0.560. The molecule has 0 aliphatic carbocycles. The molecule has 5 nitrogen and oxygen atoms in total. The van der Waals surface area contributed by atoms with Gasteiger partial charge in [-0.1, -0.05) is 20.3 Å². The van der Waals surface area contributed by atoms with E-state index in [0.717, 1.165) is 43.7 Å². The Balaban J connectivity index is 1.46. The van der Waals surface area contributed by atoms with Crippen molar-refractivity contribution in [2.75, 3.05) is 6.61 Å². The quantitative estimate of drug-likeness (QED) is 0.373. The molecule has 1 aromatic heterocycles. The molecule has 1 aromatic carbocycles. The van der Waals surface area contributed by atoms with Gasteiger partial charge in [0.1, 0.15) is 6.10 Å². The highest BCUT2D eigenvalue weighted by atomic mass is 19.4. The first-order chi connectivity index (χ1) is 16.9. The van der Waals surface area contributed by atoms with Crippen LogP contribution in [0.2, 0.25) is 0 Å². The van der Waals surface area contributed by atoms with Gasteiger partial charge in [-0.2, -0.15) is 26.3 Å². The standard InChI is InChI=1S/C25H28F6N2O3/c1-15(2)14-34-22-10-16(24(26,27)28)6-8-21(22)35-20-11-18-4-3-5-19(12-20)33(18)36-23-9-7-17(13-32-23)25(29,30)31/h6-10,13,15,18-20H,3-5,11-12,14H2,1-2H3. The van der Waals surface area contributed by atoms with Gasteiger partial charge in [0.2, 0.25) is 5.88 Å². The van der Waals surface area contributed by atoms with Gasteiger partial charge in [0, 0.05) is 37.2 Å². The number of rotatable bonds is 7. The van der Waals surface area contributed by atoms with Crippen molar-refractivity contribution >= 4 is 0 Å². The lowest BCUT2D eigenvalue weighted by Gasteiger charge is -2.46. The van der Waals surface area contributed by atoms with Crippen molar-refractivity contribution in [1.82, 2.24) is 10.0 Å². The largest absolute Gasteiger partial charge is 0.489 e. The maximum absolute atomic E-state index is 13.2. The Morgan fingerprint density at radius 3 is 2.11 bits per heavy atom. The van der Waals surface area contributed by atoms with Crippen molar-refractivity contribution in [3.63, 3.8) is 0 Å². The summed E-state index contributed by atoms with van der Waals surface area (Å²) in [6, 6.07) is 5.23. The van der Waals surface area contributed by atoms with Crippen molar-refractivity contribution in [2.24, 2.45) is 5.92 Å². The molecule has 0 radical (unpaired) electrons. The molecule has 0 N–H and O–H groups in total. The lowest BCUT2D eigenvalue weighted by atomic mass is 9.84. The maximum atomic E-state index is 13.2. The van der Waals surface area contributed by atoms with Gasteiger partial charge in [-0.15, -0.1) is 5.06 Å². The van der Waals surface area contributed by atoms with E-state index >= 15 is 0 Å². The maximum Gasteiger partial charge on any atom is 0.417 e. The SMILES string of the molecule is CC(C)COc1cc(C(F)(F)F)ccc1OC1CC2CCCC(C1)N2Oc1ccc(C(F)(F)F)cn1. The number of aromatic nitrogens is 1. The van der Waals surface area contributed by atoms with Crippen molar-refractivity contribution in [3.8, 4) is 17.4 Å². The van der Waals surface area contributed by atoms with Crippen LogP contribution in [-0.2, 0) is 12.4 Å². The number of hydroxylamine groups is 2. The molecule has 4 rings (SSSR count). The molecule has 2 aromatic rings. The molecule has 3 heterocycles.